The van der Waals surface area contributed by atoms with E-state index in [-0.39, 0.29) is 5.91 Å². The van der Waals surface area contributed by atoms with Gasteiger partial charge in [-0.2, -0.15) is 0 Å². The molecular weight excluding hydrogens is 301 g/mol. The molecule has 1 heterocycles. The van der Waals surface area contributed by atoms with Crippen molar-refractivity contribution in [1.29, 1.82) is 0 Å². The van der Waals surface area contributed by atoms with Crippen molar-refractivity contribution in [3.8, 4) is 0 Å². The first-order chi connectivity index (χ1) is 11.1. The van der Waals surface area contributed by atoms with E-state index in [0.29, 0.717) is 5.56 Å². The normalized spacial score (nSPS) is 18.8. The molecule has 0 saturated carbocycles. The summed E-state index contributed by atoms with van der Waals surface area (Å²) in [5, 5.41) is 1.91. The Morgan fingerprint density at radius 1 is 0.917 bits per heavy atom. The van der Waals surface area contributed by atoms with Crippen molar-refractivity contribution in [3.63, 3.8) is 0 Å². The van der Waals surface area contributed by atoms with Crippen LogP contribution in [0.2, 0.25) is 0 Å². The van der Waals surface area contributed by atoms with E-state index in [0.717, 1.165) is 16.2 Å². The lowest BCUT2D eigenvalue weighted by molar-refractivity contribution is 0.00578. The number of carbonyl (C=O) groups is 1. The number of hydrogen-bond acceptors (Lipinski definition) is 3. The molecule has 1 saturated heterocycles. The van der Waals surface area contributed by atoms with E-state index in [1.165, 1.54) is 0 Å². The summed E-state index contributed by atoms with van der Waals surface area (Å²) in [7, 11) is 3.09. The molecule has 2 aromatic carbocycles. The van der Waals surface area contributed by atoms with E-state index >= 15 is 0 Å². The van der Waals surface area contributed by atoms with E-state index < -0.39 is 18.3 Å². The first-order valence-corrected chi connectivity index (χ1v) is 8.23. The van der Waals surface area contributed by atoms with Gasteiger partial charge in [0.05, 0.1) is 11.2 Å². The molecule has 1 aliphatic rings. The Morgan fingerprint density at radius 3 is 2.04 bits per heavy atom. The van der Waals surface area contributed by atoms with E-state index in [2.05, 4.69) is 0 Å². The first kappa shape index (κ1) is 17.0. The Kier molecular flexibility index (Phi) is 3.97. The quantitative estimate of drug-likeness (QED) is 0.797. The highest BCUT2D eigenvalue weighted by Crippen LogP contribution is 2.37. The molecule has 3 rings (SSSR count). The average Bonchev–Trinajstić information content (AvgIpc) is 2.73. The highest BCUT2D eigenvalue weighted by atomic mass is 16.7. The van der Waals surface area contributed by atoms with E-state index in [4.69, 9.17) is 9.31 Å². The van der Waals surface area contributed by atoms with Crippen molar-refractivity contribution in [2.24, 2.45) is 0 Å². The Labute approximate surface area is 143 Å². The summed E-state index contributed by atoms with van der Waals surface area (Å²) >= 11 is 0. The second-order valence-electron chi connectivity index (χ2n) is 7.54. The van der Waals surface area contributed by atoms with Crippen LogP contribution >= 0.6 is 0 Å². The molecular formula is C19H24BNO3. The largest absolute Gasteiger partial charge is 0.495 e. The summed E-state index contributed by atoms with van der Waals surface area (Å²) in [6.07, 6.45) is 0. The molecule has 0 atom stereocenters. The van der Waals surface area contributed by atoms with Crippen LogP contribution in [0.4, 0.5) is 0 Å². The highest BCUT2D eigenvalue weighted by molar-refractivity contribution is 6.65. The molecule has 0 spiro atoms. The standard InChI is InChI=1S/C19H24BNO3/c1-18(2)19(3,4)24-20(23-18)16-12-8-9-13-14(16)10-7-11-15(13)17(22)21(5)6/h7-12H,1-6H3. The summed E-state index contributed by atoms with van der Waals surface area (Å²) < 4.78 is 12.4. The van der Waals surface area contributed by atoms with Gasteiger partial charge in [0.15, 0.2) is 0 Å². The van der Waals surface area contributed by atoms with E-state index in [1.807, 2.05) is 64.1 Å². The number of fused-ring (bicyclic) bond motifs is 1. The lowest BCUT2D eigenvalue weighted by atomic mass is 9.75. The highest BCUT2D eigenvalue weighted by Gasteiger charge is 2.52. The average molecular weight is 325 g/mol. The van der Waals surface area contributed by atoms with E-state index in [9.17, 15) is 4.79 Å². The van der Waals surface area contributed by atoms with Gasteiger partial charge in [0.2, 0.25) is 0 Å². The number of rotatable bonds is 2. The van der Waals surface area contributed by atoms with Crippen molar-refractivity contribution < 1.29 is 14.1 Å². The second kappa shape index (κ2) is 5.61. The SMILES string of the molecule is CN(C)C(=O)c1cccc2c(B3OC(C)(C)C(C)(C)O3)cccc12. The number of nitrogens with zero attached hydrogens (tertiary/aromatic N) is 1. The Bertz CT molecular complexity index is 782. The fourth-order valence-electron chi connectivity index (χ4n) is 2.94. The van der Waals surface area contributed by atoms with Crippen LogP contribution in [-0.4, -0.2) is 43.2 Å². The molecule has 0 N–H and O–H groups in total. The molecule has 0 bridgehead atoms. The number of benzene rings is 2. The number of hydrogen-bond donors (Lipinski definition) is 0. The van der Waals surface area contributed by atoms with Gasteiger partial charge in [-0.25, -0.2) is 0 Å². The number of carbonyl (C=O) groups excluding carboxylic acids is 1. The second-order valence-corrected chi connectivity index (χ2v) is 7.54. The molecule has 4 nitrogen and oxygen atoms in total. The van der Waals surface area contributed by atoms with Gasteiger partial charge in [-0.3, -0.25) is 4.79 Å². The zero-order chi connectivity index (χ0) is 17.7. The van der Waals surface area contributed by atoms with Gasteiger partial charge in [-0.1, -0.05) is 30.3 Å². The van der Waals surface area contributed by atoms with Gasteiger partial charge in [0.1, 0.15) is 0 Å². The molecule has 0 unspecified atom stereocenters. The lowest BCUT2D eigenvalue weighted by Crippen LogP contribution is -2.41. The van der Waals surface area contributed by atoms with Crippen LogP contribution in [0.3, 0.4) is 0 Å². The summed E-state index contributed by atoms with van der Waals surface area (Å²) in [5.74, 6) is -0.00771. The number of amides is 1. The van der Waals surface area contributed by atoms with E-state index in [1.54, 1.807) is 19.0 Å². The maximum absolute atomic E-state index is 12.5. The molecule has 0 aromatic heterocycles. The van der Waals surface area contributed by atoms with Crippen LogP contribution in [0, 0.1) is 0 Å². The maximum Gasteiger partial charge on any atom is 0.495 e. The topological polar surface area (TPSA) is 38.8 Å². The predicted molar refractivity (Wildman–Crippen MR) is 97.7 cm³/mol. The first-order valence-electron chi connectivity index (χ1n) is 8.23. The molecule has 2 aromatic rings. The molecule has 1 fully saturated rings. The van der Waals surface area contributed by atoms with Gasteiger partial charge in [0.25, 0.3) is 5.91 Å². The molecule has 126 valence electrons. The van der Waals surface area contributed by atoms with Crippen LogP contribution in [0.15, 0.2) is 36.4 Å². The molecule has 0 aliphatic carbocycles. The summed E-state index contributed by atoms with van der Waals surface area (Å²) in [5.41, 5.74) is 0.865. The zero-order valence-electron chi connectivity index (χ0n) is 15.2. The van der Waals surface area contributed by atoms with Gasteiger partial charge in [-0.15, -0.1) is 0 Å². The van der Waals surface area contributed by atoms with Crippen molar-refractivity contribution in [2.75, 3.05) is 14.1 Å². The minimum absolute atomic E-state index is 0.00771. The van der Waals surface area contributed by atoms with Crippen LogP contribution in [0.5, 0.6) is 0 Å². The molecule has 5 heteroatoms. The third-order valence-corrected chi connectivity index (χ3v) is 5.10. The van der Waals surface area contributed by atoms with Crippen LogP contribution < -0.4 is 5.46 Å². The maximum atomic E-state index is 12.5. The molecule has 1 aliphatic heterocycles. The van der Waals surface area contributed by atoms with Crippen molar-refractivity contribution in [3.05, 3.63) is 42.0 Å². The zero-order valence-corrected chi connectivity index (χ0v) is 15.2. The van der Waals surface area contributed by atoms with Gasteiger partial charge >= 0.3 is 7.12 Å². The Morgan fingerprint density at radius 2 is 1.46 bits per heavy atom. The summed E-state index contributed by atoms with van der Waals surface area (Å²) in [6.45, 7) is 8.16. The van der Waals surface area contributed by atoms with Crippen molar-refractivity contribution >= 4 is 29.3 Å². The van der Waals surface area contributed by atoms with Gasteiger partial charge in [-0.05, 0) is 50.0 Å². The monoisotopic (exact) mass is 325 g/mol. The summed E-state index contributed by atoms with van der Waals surface area (Å²) in [6, 6.07) is 11.7. The third-order valence-electron chi connectivity index (χ3n) is 5.10. The Hall–Kier alpha value is -1.85. The smallest absolute Gasteiger partial charge is 0.399 e. The Balaban J connectivity index is 2.12. The van der Waals surface area contributed by atoms with Gasteiger partial charge < -0.3 is 14.2 Å². The van der Waals surface area contributed by atoms with Crippen LogP contribution in [-0.2, 0) is 9.31 Å². The molecule has 1 amide bonds. The van der Waals surface area contributed by atoms with Crippen molar-refractivity contribution in [1.82, 2.24) is 4.90 Å². The minimum Gasteiger partial charge on any atom is -0.399 e. The predicted octanol–water partition coefficient (Wildman–Crippen LogP) is 2.84. The van der Waals surface area contributed by atoms with Gasteiger partial charge in [0, 0.05) is 19.7 Å². The van der Waals surface area contributed by atoms with Crippen molar-refractivity contribution in [2.45, 2.75) is 38.9 Å². The minimum atomic E-state index is -0.441. The molecule has 24 heavy (non-hydrogen) atoms. The third kappa shape index (κ3) is 2.62. The lowest BCUT2D eigenvalue weighted by Gasteiger charge is -2.32. The van der Waals surface area contributed by atoms with Crippen LogP contribution in [0.1, 0.15) is 38.1 Å². The van der Waals surface area contributed by atoms with Crippen LogP contribution in [0.25, 0.3) is 10.8 Å². The fraction of sp³-hybridized carbons (Fsp3) is 0.421. The fourth-order valence-corrected chi connectivity index (χ4v) is 2.94. The summed E-state index contributed by atoms with van der Waals surface area (Å²) in [4.78, 5) is 14.1. The molecule has 0 radical (unpaired) electrons.